The average Bonchev–Trinajstić information content (AvgIpc) is 3.50. The number of nitrogens with zero attached hydrogens (tertiary/aromatic N) is 5. The molecule has 0 aliphatic heterocycles. The third-order valence-corrected chi connectivity index (χ3v) is 6.00. The van der Waals surface area contributed by atoms with Gasteiger partial charge in [-0.3, -0.25) is 14.2 Å². The van der Waals surface area contributed by atoms with Crippen LogP contribution in [0.2, 0.25) is 0 Å². The molecule has 0 aliphatic carbocycles. The van der Waals surface area contributed by atoms with Crippen LogP contribution >= 0.6 is 0 Å². The number of hydrogen-bond donors (Lipinski definition) is 3. The van der Waals surface area contributed by atoms with Crippen molar-refractivity contribution in [3.05, 3.63) is 107 Å². The predicted octanol–water partition coefficient (Wildman–Crippen LogP) is 3.24. The first-order valence-electron chi connectivity index (χ1n) is 11.6. The fourth-order valence-corrected chi connectivity index (χ4v) is 4.14. The quantitative estimate of drug-likeness (QED) is 0.300. The lowest BCUT2D eigenvalue weighted by Gasteiger charge is -2.07. The van der Waals surface area contributed by atoms with E-state index in [-0.39, 0.29) is 17.8 Å². The highest BCUT2D eigenvalue weighted by molar-refractivity contribution is 6.03. The van der Waals surface area contributed by atoms with Gasteiger partial charge in [-0.25, -0.2) is 9.78 Å². The minimum absolute atomic E-state index is 0.00686. The standard InChI is InChI=1S/C27H25N7O3/c1-17-11-31-33(13-17)14-18-2-4-19(5-3-18)15-34-16-23(24(32-34)27(36)37)26(35)30-12-20-6-7-22-21(10-20)8-9-29-25(22)28/h2-11,13,16H,12,14-15H2,1H3,(H2,28,29)(H,30,35)(H,36,37). The number of nitrogens with two attached hydrogens (primary N) is 1. The maximum atomic E-state index is 12.9. The van der Waals surface area contributed by atoms with E-state index in [1.165, 1.54) is 10.9 Å². The first kappa shape index (κ1) is 23.7. The third kappa shape index (κ3) is 5.32. The van der Waals surface area contributed by atoms with E-state index in [9.17, 15) is 14.7 Å². The number of benzene rings is 2. The Kier molecular flexibility index (Phi) is 6.38. The second kappa shape index (κ2) is 9.94. The summed E-state index contributed by atoms with van der Waals surface area (Å²) >= 11 is 0. The van der Waals surface area contributed by atoms with E-state index in [4.69, 9.17) is 5.73 Å². The fraction of sp³-hybridized carbons (Fsp3) is 0.148. The summed E-state index contributed by atoms with van der Waals surface area (Å²) in [5.41, 5.74) is 9.58. The van der Waals surface area contributed by atoms with Crippen LogP contribution in [0.15, 0.2) is 73.3 Å². The topological polar surface area (TPSA) is 141 Å². The Morgan fingerprint density at radius 3 is 2.35 bits per heavy atom. The number of anilines is 1. The summed E-state index contributed by atoms with van der Waals surface area (Å²) in [6.45, 7) is 3.20. The van der Waals surface area contributed by atoms with Crippen LogP contribution in [0.3, 0.4) is 0 Å². The summed E-state index contributed by atoms with van der Waals surface area (Å²) in [7, 11) is 0. The van der Waals surface area contributed by atoms with Crippen molar-refractivity contribution < 1.29 is 14.7 Å². The van der Waals surface area contributed by atoms with Gasteiger partial charge in [0.05, 0.1) is 24.8 Å². The van der Waals surface area contributed by atoms with Crippen LogP contribution in [-0.4, -0.2) is 41.5 Å². The van der Waals surface area contributed by atoms with E-state index < -0.39 is 11.9 Å². The van der Waals surface area contributed by atoms with Gasteiger partial charge in [0.1, 0.15) is 5.82 Å². The van der Waals surface area contributed by atoms with Crippen molar-refractivity contribution in [3.8, 4) is 0 Å². The molecule has 37 heavy (non-hydrogen) atoms. The number of nitrogen functional groups attached to an aromatic ring is 1. The molecule has 10 nitrogen and oxygen atoms in total. The highest BCUT2D eigenvalue weighted by atomic mass is 16.4. The smallest absolute Gasteiger partial charge is 0.357 e. The number of amides is 1. The average molecular weight is 496 g/mol. The van der Waals surface area contributed by atoms with Gasteiger partial charge >= 0.3 is 5.97 Å². The van der Waals surface area contributed by atoms with E-state index in [0.717, 1.165) is 33.0 Å². The lowest BCUT2D eigenvalue weighted by molar-refractivity contribution is 0.0684. The normalized spacial score (nSPS) is 11.1. The Balaban J connectivity index is 1.27. The number of hydrogen-bond acceptors (Lipinski definition) is 6. The van der Waals surface area contributed by atoms with Crippen molar-refractivity contribution in [3.63, 3.8) is 0 Å². The number of rotatable bonds is 8. The number of carbonyl (C=O) groups excluding carboxylic acids is 1. The van der Waals surface area contributed by atoms with E-state index in [1.54, 1.807) is 6.20 Å². The zero-order valence-electron chi connectivity index (χ0n) is 20.1. The second-order valence-corrected chi connectivity index (χ2v) is 8.86. The summed E-state index contributed by atoms with van der Waals surface area (Å²) < 4.78 is 3.34. The molecule has 0 spiro atoms. The van der Waals surface area contributed by atoms with Gasteiger partial charge in [0, 0.05) is 30.5 Å². The molecule has 186 valence electrons. The van der Waals surface area contributed by atoms with Gasteiger partial charge < -0.3 is 16.2 Å². The van der Waals surface area contributed by atoms with Gasteiger partial charge in [0.25, 0.3) is 5.91 Å². The molecule has 3 heterocycles. The molecule has 5 aromatic rings. The molecule has 4 N–H and O–H groups in total. The first-order chi connectivity index (χ1) is 17.9. The van der Waals surface area contributed by atoms with Crippen molar-refractivity contribution in [2.45, 2.75) is 26.6 Å². The third-order valence-electron chi connectivity index (χ3n) is 6.00. The maximum Gasteiger partial charge on any atom is 0.357 e. The lowest BCUT2D eigenvalue weighted by atomic mass is 10.1. The number of carbonyl (C=O) groups is 2. The summed E-state index contributed by atoms with van der Waals surface area (Å²) in [6.07, 6.45) is 6.88. The van der Waals surface area contributed by atoms with E-state index in [0.29, 0.717) is 18.9 Å². The van der Waals surface area contributed by atoms with Gasteiger partial charge in [-0.15, -0.1) is 0 Å². The van der Waals surface area contributed by atoms with Crippen LogP contribution in [-0.2, 0) is 19.6 Å². The highest BCUT2D eigenvalue weighted by Crippen LogP contribution is 2.20. The Hall–Kier alpha value is -4.99. The zero-order chi connectivity index (χ0) is 25.9. The summed E-state index contributed by atoms with van der Waals surface area (Å²) in [5, 5.41) is 22.6. The van der Waals surface area contributed by atoms with E-state index in [1.807, 2.05) is 72.5 Å². The molecule has 10 heteroatoms. The fourth-order valence-electron chi connectivity index (χ4n) is 4.14. The second-order valence-electron chi connectivity index (χ2n) is 8.86. The molecular formula is C27H25N7O3. The predicted molar refractivity (Wildman–Crippen MR) is 138 cm³/mol. The molecule has 0 unspecified atom stereocenters. The Morgan fingerprint density at radius 2 is 1.68 bits per heavy atom. The minimum atomic E-state index is -1.26. The van der Waals surface area contributed by atoms with Crippen molar-refractivity contribution in [1.29, 1.82) is 0 Å². The molecule has 2 aromatic carbocycles. The molecule has 0 radical (unpaired) electrons. The van der Waals surface area contributed by atoms with E-state index in [2.05, 4.69) is 20.5 Å². The molecule has 5 rings (SSSR count). The summed E-state index contributed by atoms with van der Waals surface area (Å²) in [5.74, 6) is -1.33. The van der Waals surface area contributed by atoms with Crippen molar-refractivity contribution >= 4 is 28.5 Å². The zero-order valence-corrected chi connectivity index (χ0v) is 20.1. The molecule has 0 aliphatic rings. The number of aromatic nitrogens is 5. The van der Waals surface area contributed by atoms with Gasteiger partial charge in [0.15, 0.2) is 5.69 Å². The van der Waals surface area contributed by atoms with Crippen molar-refractivity contribution in [2.75, 3.05) is 5.73 Å². The van der Waals surface area contributed by atoms with E-state index >= 15 is 0 Å². The van der Waals surface area contributed by atoms with Crippen molar-refractivity contribution in [1.82, 2.24) is 29.9 Å². The van der Waals surface area contributed by atoms with Gasteiger partial charge in [-0.05, 0) is 46.7 Å². The Morgan fingerprint density at radius 1 is 0.973 bits per heavy atom. The number of aryl methyl sites for hydroxylation is 1. The molecular weight excluding hydrogens is 470 g/mol. The molecule has 0 fully saturated rings. The van der Waals surface area contributed by atoms with Crippen LogP contribution in [0, 0.1) is 6.92 Å². The Bertz CT molecular complexity index is 1600. The van der Waals surface area contributed by atoms with Crippen LogP contribution in [0.25, 0.3) is 10.8 Å². The summed E-state index contributed by atoms with van der Waals surface area (Å²) in [6, 6.07) is 15.3. The van der Waals surface area contributed by atoms with Gasteiger partial charge in [-0.2, -0.15) is 10.2 Å². The van der Waals surface area contributed by atoms with Crippen LogP contribution in [0.5, 0.6) is 0 Å². The van der Waals surface area contributed by atoms with Gasteiger partial charge in [-0.1, -0.05) is 36.4 Å². The molecule has 0 saturated heterocycles. The number of carboxylic acids is 1. The first-order valence-corrected chi connectivity index (χ1v) is 11.6. The largest absolute Gasteiger partial charge is 0.476 e. The minimum Gasteiger partial charge on any atom is -0.476 e. The molecule has 0 bridgehead atoms. The van der Waals surface area contributed by atoms with Crippen LogP contribution < -0.4 is 11.1 Å². The number of pyridine rings is 1. The highest BCUT2D eigenvalue weighted by Gasteiger charge is 2.21. The number of nitrogens with one attached hydrogen (secondary N) is 1. The van der Waals surface area contributed by atoms with Crippen LogP contribution in [0.4, 0.5) is 5.82 Å². The molecule has 0 atom stereocenters. The SMILES string of the molecule is Cc1cnn(Cc2ccc(Cn3cc(C(=O)NCc4ccc5c(N)nccc5c4)c(C(=O)O)n3)cc2)c1. The van der Waals surface area contributed by atoms with Crippen LogP contribution in [0.1, 0.15) is 43.1 Å². The van der Waals surface area contributed by atoms with Gasteiger partial charge in [0.2, 0.25) is 0 Å². The maximum absolute atomic E-state index is 12.9. The Labute approximate surface area is 212 Å². The molecule has 0 saturated carbocycles. The monoisotopic (exact) mass is 495 g/mol. The number of fused-ring (bicyclic) bond motifs is 1. The lowest BCUT2D eigenvalue weighted by Crippen LogP contribution is -2.24. The van der Waals surface area contributed by atoms with Crippen molar-refractivity contribution in [2.24, 2.45) is 0 Å². The summed E-state index contributed by atoms with van der Waals surface area (Å²) in [4.78, 5) is 28.7. The number of aromatic carboxylic acids is 1. The number of carboxylic acid groups (broad SMARTS) is 1. The molecule has 1 amide bonds. The molecule has 3 aromatic heterocycles.